The van der Waals surface area contributed by atoms with Crippen LogP contribution < -0.4 is 0 Å². The number of rotatable bonds is 3. The van der Waals surface area contributed by atoms with Gasteiger partial charge in [-0.25, -0.2) is 0 Å². The Kier molecular flexibility index (Phi) is 3.35. The van der Waals surface area contributed by atoms with Crippen molar-refractivity contribution in [2.24, 2.45) is 0 Å². The maximum absolute atomic E-state index is 9.70. The van der Waals surface area contributed by atoms with E-state index in [2.05, 4.69) is 26.8 Å². The quantitative estimate of drug-likeness (QED) is 0.753. The third kappa shape index (κ3) is 2.24. The number of phenolic OH excluding ortho intramolecular Hbond substituents is 1. The summed E-state index contributed by atoms with van der Waals surface area (Å²) in [6.45, 7) is 6.29. The molecule has 1 N–H and O–H groups in total. The van der Waals surface area contributed by atoms with Gasteiger partial charge < -0.3 is 5.11 Å². The van der Waals surface area contributed by atoms with Crippen molar-refractivity contribution < 1.29 is 5.11 Å². The number of hydrogen-bond donors (Lipinski definition) is 1. The molecule has 0 aromatic heterocycles. The van der Waals surface area contributed by atoms with Crippen LogP contribution in [0, 0.1) is 6.92 Å². The fourth-order valence-corrected chi connectivity index (χ4v) is 1.76. The molecule has 1 heteroatoms. The van der Waals surface area contributed by atoms with Gasteiger partial charge in [0, 0.05) is 0 Å². The molecule has 0 fully saturated rings. The smallest absolute Gasteiger partial charge is 0.119 e. The summed E-state index contributed by atoms with van der Waals surface area (Å²) < 4.78 is 0. The molecule has 13 heavy (non-hydrogen) atoms. The van der Waals surface area contributed by atoms with E-state index in [1.807, 2.05) is 6.07 Å². The molecular formula is C12H18O. The Balaban J connectivity index is 3.05. The van der Waals surface area contributed by atoms with Gasteiger partial charge in [-0.2, -0.15) is 0 Å². The molecule has 1 nitrogen and oxygen atoms in total. The summed E-state index contributed by atoms with van der Waals surface area (Å²) >= 11 is 0. The van der Waals surface area contributed by atoms with Crippen LogP contribution in [-0.2, 0) is 12.8 Å². The maximum Gasteiger partial charge on any atom is 0.119 e. The minimum atomic E-state index is 0.464. The van der Waals surface area contributed by atoms with Crippen molar-refractivity contribution in [2.75, 3.05) is 0 Å². The van der Waals surface area contributed by atoms with Crippen LogP contribution in [0.1, 0.15) is 37.0 Å². The lowest BCUT2D eigenvalue weighted by molar-refractivity contribution is 0.467. The highest BCUT2D eigenvalue weighted by Gasteiger charge is 2.04. The van der Waals surface area contributed by atoms with E-state index in [1.165, 1.54) is 11.1 Å². The Morgan fingerprint density at radius 1 is 1.23 bits per heavy atom. The number of hydrogen-bond acceptors (Lipinski definition) is 1. The van der Waals surface area contributed by atoms with Crippen LogP contribution in [0.5, 0.6) is 5.75 Å². The first-order valence-electron chi connectivity index (χ1n) is 5.00. The van der Waals surface area contributed by atoms with Gasteiger partial charge in [-0.1, -0.05) is 26.3 Å². The van der Waals surface area contributed by atoms with Gasteiger partial charge in [0.25, 0.3) is 0 Å². The Hall–Kier alpha value is -0.980. The average molecular weight is 178 g/mol. The molecule has 0 bridgehead atoms. The second kappa shape index (κ2) is 4.31. The minimum Gasteiger partial charge on any atom is -0.508 e. The molecule has 0 radical (unpaired) electrons. The van der Waals surface area contributed by atoms with Crippen LogP contribution in [-0.4, -0.2) is 5.11 Å². The number of aromatic hydroxyl groups is 1. The van der Waals surface area contributed by atoms with Crippen LogP contribution in [0.4, 0.5) is 0 Å². The van der Waals surface area contributed by atoms with Gasteiger partial charge in [0.05, 0.1) is 0 Å². The number of benzene rings is 1. The molecule has 0 heterocycles. The van der Waals surface area contributed by atoms with E-state index in [9.17, 15) is 5.11 Å². The van der Waals surface area contributed by atoms with Crippen molar-refractivity contribution in [1.82, 2.24) is 0 Å². The maximum atomic E-state index is 9.70. The lowest BCUT2D eigenvalue weighted by atomic mass is 10.00. The van der Waals surface area contributed by atoms with Gasteiger partial charge in [-0.05, 0) is 42.5 Å². The summed E-state index contributed by atoms with van der Waals surface area (Å²) in [6.07, 6.45) is 3.09. The number of aryl methyl sites for hydroxylation is 2. The first kappa shape index (κ1) is 10.1. The molecule has 0 amide bonds. The normalized spacial score (nSPS) is 10.4. The number of phenols is 1. The lowest BCUT2D eigenvalue weighted by Gasteiger charge is -2.08. The fraction of sp³-hybridized carbons (Fsp3) is 0.500. The van der Waals surface area contributed by atoms with Crippen LogP contribution in [0.3, 0.4) is 0 Å². The molecule has 0 unspecified atom stereocenters. The van der Waals surface area contributed by atoms with E-state index < -0.39 is 0 Å². The summed E-state index contributed by atoms with van der Waals surface area (Å²) in [7, 11) is 0. The highest BCUT2D eigenvalue weighted by atomic mass is 16.3. The molecule has 1 aromatic carbocycles. The van der Waals surface area contributed by atoms with Gasteiger partial charge in [0.15, 0.2) is 0 Å². The molecule has 0 aliphatic heterocycles. The highest BCUT2D eigenvalue weighted by molar-refractivity contribution is 5.42. The predicted octanol–water partition coefficient (Wildman–Crippen LogP) is 3.22. The van der Waals surface area contributed by atoms with Gasteiger partial charge in [-0.15, -0.1) is 0 Å². The van der Waals surface area contributed by atoms with Crippen molar-refractivity contribution in [3.63, 3.8) is 0 Å². The summed E-state index contributed by atoms with van der Waals surface area (Å²) in [4.78, 5) is 0. The third-order valence-electron chi connectivity index (χ3n) is 2.40. The Labute approximate surface area is 80.4 Å². The van der Waals surface area contributed by atoms with Crippen LogP contribution >= 0.6 is 0 Å². The SMILES string of the molecule is CCCc1cc(C)c(CC)c(O)c1. The van der Waals surface area contributed by atoms with Gasteiger partial charge in [0.2, 0.25) is 0 Å². The Morgan fingerprint density at radius 3 is 2.38 bits per heavy atom. The van der Waals surface area contributed by atoms with Gasteiger partial charge in [0.1, 0.15) is 5.75 Å². The summed E-state index contributed by atoms with van der Waals surface area (Å²) in [6, 6.07) is 4.08. The Bertz CT molecular complexity index is 266. The van der Waals surface area contributed by atoms with Crippen molar-refractivity contribution >= 4 is 0 Å². The molecular weight excluding hydrogens is 160 g/mol. The highest BCUT2D eigenvalue weighted by Crippen LogP contribution is 2.24. The zero-order valence-electron chi connectivity index (χ0n) is 8.72. The van der Waals surface area contributed by atoms with Crippen molar-refractivity contribution in [3.8, 4) is 5.75 Å². The fourth-order valence-electron chi connectivity index (χ4n) is 1.76. The second-order valence-electron chi connectivity index (χ2n) is 3.51. The van der Waals surface area contributed by atoms with Crippen LogP contribution in [0.15, 0.2) is 12.1 Å². The molecule has 1 aromatic rings. The van der Waals surface area contributed by atoms with E-state index in [1.54, 1.807) is 0 Å². The Morgan fingerprint density at radius 2 is 1.92 bits per heavy atom. The summed E-state index contributed by atoms with van der Waals surface area (Å²) in [5.41, 5.74) is 3.54. The molecule has 72 valence electrons. The zero-order chi connectivity index (χ0) is 9.84. The van der Waals surface area contributed by atoms with E-state index in [-0.39, 0.29) is 0 Å². The molecule has 0 aliphatic carbocycles. The van der Waals surface area contributed by atoms with Crippen LogP contribution in [0.2, 0.25) is 0 Å². The second-order valence-corrected chi connectivity index (χ2v) is 3.51. The van der Waals surface area contributed by atoms with E-state index in [0.717, 1.165) is 24.8 Å². The minimum absolute atomic E-state index is 0.464. The van der Waals surface area contributed by atoms with Crippen molar-refractivity contribution in [3.05, 3.63) is 28.8 Å². The first-order valence-corrected chi connectivity index (χ1v) is 5.00. The topological polar surface area (TPSA) is 20.2 Å². The first-order chi connectivity index (χ1) is 6.19. The molecule has 0 aliphatic rings. The summed E-state index contributed by atoms with van der Waals surface area (Å²) in [5.74, 6) is 0.464. The van der Waals surface area contributed by atoms with Crippen molar-refractivity contribution in [1.29, 1.82) is 0 Å². The van der Waals surface area contributed by atoms with Gasteiger partial charge in [-0.3, -0.25) is 0 Å². The monoisotopic (exact) mass is 178 g/mol. The largest absolute Gasteiger partial charge is 0.508 e. The molecule has 1 rings (SSSR count). The standard InChI is InChI=1S/C12H18O/c1-4-6-10-7-9(3)11(5-2)12(13)8-10/h7-8,13H,4-6H2,1-3H3. The van der Waals surface area contributed by atoms with E-state index >= 15 is 0 Å². The predicted molar refractivity (Wildman–Crippen MR) is 56.2 cm³/mol. The van der Waals surface area contributed by atoms with Crippen LogP contribution in [0.25, 0.3) is 0 Å². The molecule has 0 saturated heterocycles. The molecule has 0 atom stereocenters. The van der Waals surface area contributed by atoms with E-state index in [4.69, 9.17) is 0 Å². The third-order valence-corrected chi connectivity index (χ3v) is 2.40. The van der Waals surface area contributed by atoms with Gasteiger partial charge >= 0.3 is 0 Å². The molecule has 0 saturated carbocycles. The molecule has 0 spiro atoms. The average Bonchev–Trinajstić information content (AvgIpc) is 2.04. The lowest BCUT2D eigenvalue weighted by Crippen LogP contribution is -1.91. The van der Waals surface area contributed by atoms with Crippen molar-refractivity contribution in [2.45, 2.75) is 40.0 Å². The van der Waals surface area contributed by atoms with E-state index in [0.29, 0.717) is 5.75 Å². The summed E-state index contributed by atoms with van der Waals surface area (Å²) in [5, 5.41) is 9.70. The zero-order valence-corrected chi connectivity index (χ0v) is 8.72.